The third-order valence-electron chi connectivity index (χ3n) is 3.52. The molecular formula is C13H28N2O4S. The molecule has 1 N–H and O–H groups in total. The fourth-order valence-corrected chi connectivity index (χ4v) is 2.85. The number of aliphatic hydroxyl groups excluding tert-OH is 1. The summed E-state index contributed by atoms with van der Waals surface area (Å²) in [4.78, 5) is 4.51. The zero-order chi connectivity index (χ0) is 14.8. The highest BCUT2D eigenvalue weighted by molar-refractivity contribution is 7.85. The molecule has 2 fully saturated rings. The second-order valence-corrected chi connectivity index (χ2v) is 6.99. The molecular weight excluding hydrogens is 280 g/mol. The van der Waals surface area contributed by atoms with Crippen LogP contribution in [0, 0.1) is 0 Å². The first-order chi connectivity index (χ1) is 9.51. The molecule has 0 bridgehead atoms. The van der Waals surface area contributed by atoms with Crippen LogP contribution in [0.5, 0.6) is 0 Å². The number of nitrogens with zero attached hydrogens (tertiary/aromatic N) is 2. The number of aliphatic hydroxyl groups is 1. The van der Waals surface area contributed by atoms with Crippen LogP contribution >= 0.6 is 0 Å². The molecule has 2 saturated heterocycles. The number of β-amino-alcohol motifs (C(OH)–C–C–N with tert-alkyl or cyclic N) is 1. The van der Waals surface area contributed by atoms with Crippen LogP contribution < -0.4 is 0 Å². The van der Waals surface area contributed by atoms with Gasteiger partial charge in [-0.3, -0.25) is 4.18 Å². The van der Waals surface area contributed by atoms with Crippen LogP contribution in [0.2, 0.25) is 0 Å². The Labute approximate surface area is 122 Å². The normalized spacial score (nSPS) is 20.9. The van der Waals surface area contributed by atoms with E-state index in [9.17, 15) is 8.42 Å². The Hall–Kier alpha value is -0.210. The predicted octanol–water partition coefficient (Wildman–Crippen LogP) is 0.133. The van der Waals surface area contributed by atoms with E-state index in [1.807, 2.05) is 0 Å². The van der Waals surface area contributed by atoms with Crippen molar-refractivity contribution < 1.29 is 17.7 Å². The molecule has 0 atom stereocenters. The van der Waals surface area contributed by atoms with Crippen LogP contribution in [0.15, 0.2) is 0 Å². The summed E-state index contributed by atoms with van der Waals surface area (Å²) >= 11 is 0. The van der Waals surface area contributed by atoms with Crippen molar-refractivity contribution in [2.24, 2.45) is 0 Å². The van der Waals surface area contributed by atoms with Gasteiger partial charge in [0, 0.05) is 13.1 Å². The second kappa shape index (κ2) is 9.68. The van der Waals surface area contributed by atoms with Crippen molar-refractivity contribution in [2.45, 2.75) is 25.7 Å². The van der Waals surface area contributed by atoms with E-state index in [2.05, 4.69) is 14.0 Å². The van der Waals surface area contributed by atoms with Gasteiger partial charge >= 0.3 is 0 Å². The summed E-state index contributed by atoms with van der Waals surface area (Å²) in [5, 5.41) is 8.48. The van der Waals surface area contributed by atoms with Crippen molar-refractivity contribution in [3.8, 4) is 0 Å². The molecule has 0 amide bonds. The van der Waals surface area contributed by atoms with Crippen molar-refractivity contribution in [1.82, 2.24) is 9.80 Å². The van der Waals surface area contributed by atoms with E-state index in [1.54, 1.807) is 0 Å². The first-order valence-corrected chi connectivity index (χ1v) is 9.23. The maximum absolute atomic E-state index is 10.6. The van der Waals surface area contributed by atoms with E-state index in [4.69, 9.17) is 5.11 Å². The molecule has 7 heteroatoms. The van der Waals surface area contributed by atoms with Crippen LogP contribution in [0.4, 0.5) is 0 Å². The van der Waals surface area contributed by atoms with Gasteiger partial charge in [-0.05, 0) is 51.9 Å². The van der Waals surface area contributed by atoms with Gasteiger partial charge in [-0.2, -0.15) is 8.42 Å². The van der Waals surface area contributed by atoms with Gasteiger partial charge in [-0.1, -0.05) is 0 Å². The summed E-state index contributed by atoms with van der Waals surface area (Å²) < 4.78 is 25.8. The minimum absolute atomic E-state index is 0.291. The lowest BCUT2D eigenvalue weighted by Gasteiger charge is -2.12. The van der Waals surface area contributed by atoms with E-state index >= 15 is 0 Å². The minimum atomic E-state index is -3.24. The summed E-state index contributed by atoms with van der Waals surface area (Å²) in [7, 11) is -3.24. The molecule has 2 rings (SSSR count). The zero-order valence-electron chi connectivity index (χ0n) is 12.5. The highest BCUT2D eigenvalue weighted by Crippen LogP contribution is 2.06. The molecule has 0 saturated carbocycles. The molecule has 120 valence electrons. The van der Waals surface area contributed by atoms with Crippen LogP contribution in [0.25, 0.3) is 0 Å². The van der Waals surface area contributed by atoms with Gasteiger partial charge in [-0.25, -0.2) is 0 Å². The first kappa shape index (κ1) is 17.8. The van der Waals surface area contributed by atoms with E-state index in [-0.39, 0.29) is 0 Å². The summed E-state index contributed by atoms with van der Waals surface area (Å²) in [6.07, 6.45) is 6.16. The van der Waals surface area contributed by atoms with E-state index in [1.165, 1.54) is 38.8 Å². The summed E-state index contributed by atoms with van der Waals surface area (Å²) in [5.74, 6) is 0. The van der Waals surface area contributed by atoms with Crippen LogP contribution in [-0.2, 0) is 14.3 Å². The molecule has 0 spiro atoms. The first-order valence-electron chi connectivity index (χ1n) is 7.41. The average molecular weight is 308 g/mol. The largest absolute Gasteiger partial charge is 0.395 e. The van der Waals surface area contributed by atoms with E-state index in [0.717, 1.165) is 32.4 Å². The highest BCUT2D eigenvalue weighted by atomic mass is 32.2. The number of hydrogen-bond acceptors (Lipinski definition) is 6. The standard InChI is InChI=1S/C7H15NO3S.C6H13NO/c1-12(9,10)11-7-6-8-4-2-3-5-8;8-6-5-7-3-1-2-4-7/h2-7H2,1H3;8H,1-6H2. The van der Waals surface area contributed by atoms with Crippen molar-refractivity contribution in [1.29, 1.82) is 0 Å². The lowest BCUT2D eigenvalue weighted by atomic mass is 10.4. The Morgan fingerprint density at radius 3 is 1.80 bits per heavy atom. The highest BCUT2D eigenvalue weighted by Gasteiger charge is 2.11. The molecule has 6 nitrogen and oxygen atoms in total. The number of hydrogen-bond donors (Lipinski definition) is 1. The average Bonchev–Trinajstić information content (AvgIpc) is 3.01. The zero-order valence-corrected chi connectivity index (χ0v) is 13.3. The monoisotopic (exact) mass is 308 g/mol. The molecule has 0 aliphatic carbocycles. The topological polar surface area (TPSA) is 70.1 Å². The molecule has 2 aliphatic heterocycles. The Balaban J connectivity index is 0.000000217. The Morgan fingerprint density at radius 2 is 1.40 bits per heavy atom. The molecule has 20 heavy (non-hydrogen) atoms. The SMILES string of the molecule is CS(=O)(=O)OCCN1CCCC1.OCCN1CCCC1. The number of likely N-dealkylation sites (tertiary alicyclic amines) is 2. The van der Waals surface area contributed by atoms with Gasteiger partial charge in [0.15, 0.2) is 0 Å². The molecule has 0 radical (unpaired) electrons. The third-order valence-corrected chi connectivity index (χ3v) is 4.11. The Morgan fingerprint density at radius 1 is 0.950 bits per heavy atom. The maximum Gasteiger partial charge on any atom is 0.264 e. The molecule has 0 aromatic rings. The smallest absolute Gasteiger partial charge is 0.264 e. The maximum atomic E-state index is 10.6. The predicted molar refractivity (Wildman–Crippen MR) is 79.2 cm³/mol. The second-order valence-electron chi connectivity index (χ2n) is 5.35. The lowest BCUT2D eigenvalue weighted by Crippen LogP contribution is -2.24. The summed E-state index contributed by atoms with van der Waals surface area (Å²) in [6.45, 7) is 6.76. The van der Waals surface area contributed by atoms with Gasteiger partial charge in [0.2, 0.25) is 0 Å². The molecule has 0 unspecified atom stereocenters. The van der Waals surface area contributed by atoms with E-state index in [0.29, 0.717) is 13.2 Å². The minimum Gasteiger partial charge on any atom is -0.395 e. The molecule has 2 aliphatic rings. The Kier molecular flexibility index (Phi) is 8.63. The molecule has 0 aromatic carbocycles. The fraction of sp³-hybridized carbons (Fsp3) is 1.00. The lowest BCUT2D eigenvalue weighted by molar-refractivity contribution is 0.221. The van der Waals surface area contributed by atoms with Gasteiger partial charge in [0.05, 0.1) is 19.5 Å². The van der Waals surface area contributed by atoms with Crippen LogP contribution in [-0.4, -0.2) is 82.1 Å². The van der Waals surface area contributed by atoms with E-state index < -0.39 is 10.1 Å². The molecule has 0 aromatic heterocycles. The quantitative estimate of drug-likeness (QED) is 0.704. The summed E-state index contributed by atoms with van der Waals surface area (Å²) in [5.41, 5.74) is 0. The summed E-state index contributed by atoms with van der Waals surface area (Å²) in [6, 6.07) is 0. The van der Waals surface area contributed by atoms with Gasteiger partial charge < -0.3 is 14.9 Å². The van der Waals surface area contributed by atoms with Crippen LogP contribution in [0.1, 0.15) is 25.7 Å². The van der Waals surface area contributed by atoms with Crippen molar-refractivity contribution in [2.75, 3.05) is 58.7 Å². The van der Waals surface area contributed by atoms with Crippen molar-refractivity contribution in [3.63, 3.8) is 0 Å². The van der Waals surface area contributed by atoms with Gasteiger partial charge in [0.25, 0.3) is 10.1 Å². The van der Waals surface area contributed by atoms with Gasteiger partial charge in [0.1, 0.15) is 0 Å². The third kappa shape index (κ3) is 8.86. The van der Waals surface area contributed by atoms with Crippen molar-refractivity contribution >= 4 is 10.1 Å². The van der Waals surface area contributed by atoms with Gasteiger partial charge in [-0.15, -0.1) is 0 Å². The molecule has 2 heterocycles. The fourth-order valence-electron chi connectivity index (χ4n) is 2.47. The van der Waals surface area contributed by atoms with Crippen molar-refractivity contribution in [3.05, 3.63) is 0 Å². The number of rotatable bonds is 6. The Bertz CT molecular complexity index is 336. The van der Waals surface area contributed by atoms with Crippen LogP contribution in [0.3, 0.4) is 0 Å².